The van der Waals surface area contributed by atoms with Gasteiger partial charge in [0.15, 0.2) is 5.01 Å². The molecule has 3 rings (SSSR count). The minimum atomic E-state index is -0.277. The lowest BCUT2D eigenvalue weighted by Gasteiger charge is -2.32. The molecule has 26 heavy (non-hydrogen) atoms. The van der Waals surface area contributed by atoms with E-state index in [0.29, 0.717) is 18.1 Å². The summed E-state index contributed by atoms with van der Waals surface area (Å²) < 4.78 is 5.53. The summed E-state index contributed by atoms with van der Waals surface area (Å²) in [5, 5.41) is 3.23. The van der Waals surface area contributed by atoms with Gasteiger partial charge in [-0.25, -0.2) is 9.78 Å². The first kappa shape index (κ1) is 18.3. The quantitative estimate of drug-likeness (QED) is 0.896. The largest absolute Gasteiger partial charge is 0.374 e. The van der Waals surface area contributed by atoms with Gasteiger partial charge >= 0.3 is 6.03 Å². The van der Waals surface area contributed by atoms with Gasteiger partial charge in [0.05, 0.1) is 23.7 Å². The van der Waals surface area contributed by atoms with E-state index in [-0.39, 0.29) is 18.0 Å². The molecule has 0 bridgehead atoms. The first-order valence-electron chi connectivity index (χ1n) is 8.25. The third kappa shape index (κ3) is 3.71. The van der Waals surface area contributed by atoms with Crippen LogP contribution in [0.4, 0.5) is 10.5 Å². The van der Waals surface area contributed by atoms with E-state index >= 15 is 0 Å². The lowest BCUT2D eigenvalue weighted by molar-refractivity contribution is 0.0564. The molecule has 1 atom stereocenters. The Morgan fingerprint density at radius 2 is 2.00 bits per heavy atom. The average Bonchev–Trinajstić information content (AvgIpc) is 3.06. The van der Waals surface area contributed by atoms with Gasteiger partial charge in [0.1, 0.15) is 6.10 Å². The van der Waals surface area contributed by atoms with Crippen molar-refractivity contribution < 1.29 is 14.3 Å². The molecule has 0 aliphatic carbocycles. The lowest BCUT2D eigenvalue weighted by Crippen LogP contribution is -2.43. The maximum atomic E-state index is 12.5. The SMILES string of the molecule is CO[C@H]1CN(C(=O)N(C)C)Cc2nc(C(=O)Nc3ccc(C)cc3)sc21. The van der Waals surface area contributed by atoms with Crippen LogP contribution >= 0.6 is 11.3 Å². The van der Waals surface area contributed by atoms with Gasteiger partial charge in [-0.15, -0.1) is 11.3 Å². The molecule has 1 aromatic heterocycles. The number of aromatic nitrogens is 1. The zero-order valence-electron chi connectivity index (χ0n) is 15.3. The summed E-state index contributed by atoms with van der Waals surface area (Å²) in [6.45, 7) is 2.81. The molecule has 1 aliphatic rings. The highest BCUT2D eigenvalue weighted by molar-refractivity contribution is 7.14. The number of urea groups is 1. The van der Waals surface area contributed by atoms with Gasteiger partial charge in [-0.2, -0.15) is 0 Å². The first-order valence-corrected chi connectivity index (χ1v) is 9.07. The summed E-state index contributed by atoms with van der Waals surface area (Å²) in [6, 6.07) is 7.49. The van der Waals surface area contributed by atoms with Gasteiger partial charge in [-0.1, -0.05) is 17.7 Å². The van der Waals surface area contributed by atoms with Crippen LogP contribution in [0.2, 0.25) is 0 Å². The number of amides is 3. The van der Waals surface area contributed by atoms with Crippen molar-refractivity contribution in [2.24, 2.45) is 0 Å². The van der Waals surface area contributed by atoms with Gasteiger partial charge in [0.25, 0.3) is 5.91 Å². The van der Waals surface area contributed by atoms with E-state index in [1.807, 2.05) is 31.2 Å². The van der Waals surface area contributed by atoms with Crippen LogP contribution in [0.1, 0.15) is 32.0 Å². The second-order valence-corrected chi connectivity index (χ2v) is 7.46. The van der Waals surface area contributed by atoms with Crippen LogP contribution in [0.5, 0.6) is 0 Å². The van der Waals surface area contributed by atoms with E-state index in [1.54, 1.807) is 26.1 Å². The second kappa shape index (κ2) is 7.43. The maximum absolute atomic E-state index is 12.5. The number of ether oxygens (including phenoxy) is 1. The molecule has 7 nitrogen and oxygen atoms in total. The van der Waals surface area contributed by atoms with Crippen LogP contribution in [0.15, 0.2) is 24.3 Å². The van der Waals surface area contributed by atoms with E-state index in [4.69, 9.17) is 4.74 Å². The van der Waals surface area contributed by atoms with Gasteiger partial charge in [-0.05, 0) is 19.1 Å². The summed E-state index contributed by atoms with van der Waals surface area (Å²) in [5.41, 5.74) is 2.57. The van der Waals surface area contributed by atoms with Crippen molar-refractivity contribution in [2.45, 2.75) is 19.6 Å². The number of hydrogen-bond donors (Lipinski definition) is 1. The third-order valence-corrected chi connectivity index (χ3v) is 5.38. The predicted molar refractivity (Wildman–Crippen MR) is 100 cm³/mol. The first-order chi connectivity index (χ1) is 12.4. The number of carbonyl (C=O) groups is 2. The summed E-state index contributed by atoms with van der Waals surface area (Å²) in [4.78, 5) is 33.4. The normalized spacial score (nSPS) is 16.2. The van der Waals surface area contributed by atoms with Crippen LogP contribution in [0.3, 0.4) is 0 Å². The van der Waals surface area contributed by atoms with Crippen LogP contribution < -0.4 is 5.32 Å². The smallest absolute Gasteiger partial charge is 0.319 e. The monoisotopic (exact) mass is 374 g/mol. The van der Waals surface area contributed by atoms with Crippen molar-refractivity contribution in [1.82, 2.24) is 14.8 Å². The van der Waals surface area contributed by atoms with Gasteiger partial charge < -0.3 is 19.9 Å². The molecule has 0 spiro atoms. The number of hydrogen-bond acceptors (Lipinski definition) is 5. The van der Waals surface area contributed by atoms with Gasteiger partial charge in [-0.3, -0.25) is 4.79 Å². The molecule has 0 radical (unpaired) electrons. The number of carbonyl (C=O) groups excluding carboxylic acids is 2. The molecule has 3 amide bonds. The van der Waals surface area contributed by atoms with E-state index in [9.17, 15) is 9.59 Å². The topological polar surface area (TPSA) is 74.8 Å². The van der Waals surface area contributed by atoms with E-state index in [2.05, 4.69) is 10.3 Å². The number of anilines is 1. The number of aryl methyl sites for hydroxylation is 1. The van der Waals surface area contributed by atoms with Crippen LogP contribution in [0, 0.1) is 6.92 Å². The van der Waals surface area contributed by atoms with Crippen molar-refractivity contribution in [1.29, 1.82) is 0 Å². The zero-order valence-corrected chi connectivity index (χ0v) is 16.1. The Morgan fingerprint density at radius 1 is 1.31 bits per heavy atom. The van der Waals surface area contributed by atoms with Crippen LogP contribution in [0.25, 0.3) is 0 Å². The van der Waals surface area contributed by atoms with Gasteiger partial charge in [0.2, 0.25) is 0 Å². The highest BCUT2D eigenvalue weighted by Gasteiger charge is 2.33. The zero-order chi connectivity index (χ0) is 18.8. The Labute approximate surface area is 156 Å². The summed E-state index contributed by atoms with van der Waals surface area (Å²) in [6.07, 6.45) is -0.277. The van der Waals surface area contributed by atoms with Crippen molar-refractivity contribution in [3.63, 3.8) is 0 Å². The van der Waals surface area contributed by atoms with Crippen molar-refractivity contribution in [2.75, 3.05) is 33.1 Å². The van der Waals surface area contributed by atoms with Crippen molar-refractivity contribution >= 4 is 29.0 Å². The Hall–Kier alpha value is -2.45. The molecule has 8 heteroatoms. The highest BCUT2D eigenvalue weighted by Crippen LogP contribution is 2.34. The Balaban J connectivity index is 1.81. The minimum absolute atomic E-state index is 0.101. The van der Waals surface area contributed by atoms with E-state index in [0.717, 1.165) is 21.8 Å². The molecule has 1 aromatic carbocycles. The lowest BCUT2D eigenvalue weighted by atomic mass is 10.1. The molecule has 2 heterocycles. The molecular formula is C18H22N4O3S. The van der Waals surface area contributed by atoms with E-state index in [1.165, 1.54) is 16.2 Å². The number of thiazole rings is 1. The average molecular weight is 374 g/mol. The summed E-state index contributed by atoms with van der Waals surface area (Å²) >= 11 is 1.32. The Kier molecular flexibility index (Phi) is 5.24. The number of nitrogens with one attached hydrogen (secondary N) is 1. The number of fused-ring (bicyclic) bond motifs is 1. The fourth-order valence-electron chi connectivity index (χ4n) is 2.79. The van der Waals surface area contributed by atoms with Crippen LogP contribution in [-0.2, 0) is 11.3 Å². The molecule has 0 saturated carbocycles. The number of nitrogens with zero attached hydrogens (tertiary/aromatic N) is 3. The molecule has 0 saturated heterocycles. The second-order valence-electron chi connectivity index (χ2n) is 6.43. The van der Waals surface area contributed by atoms with Crippen LogP contribution in [-0.4, -0.2) is 54.5 Å². The van der Waals surface area contributed by atoms with Crippen molar-refractivity contribution in [3.05, 3.63) is 45.4 Å². The molecule has 2 aromatic rings. The molecule has 0 unspecified atom stereocenters. The third-order valence-electron chi connectivity index (χ3n) is 4.19. The number of methoxy groups -OCH3 is 1. The highest BCUT2D eigenvalue weighted by atomic mass is 32.1. The van der Waals surface area contributed by atoms with E-state index < -0.39 is 0 Å². The maximum Gasteiger partial charge on any atom is 0.319 e. The number of benzene rings is 1. The molecule has 1 aliphatic heterocycles. The Morgan fingerprint density at radius 3 is 2.62 bits per heavy atom. The molecule has 0 fully saturated rings. The molecular weight excluding hydrogens is 352 g/mol. The molecule has 138 valence electrons. The fraction of sp³-hybridized carbons (Fsp3) is 0.389. The Bertz CT molecular complexity index is 816. The fourth-order valence-corrected chi connectivity index (χ4v) is 3.82. The summed E-state index contributed by atoms with van der Waals surface area (Å²) in [7, 11) is 5.02. The summed E-state index contributed by atoms with van der Waals surface area (Å²) in [5.74, 6) is -0.256. The number of rotatable bonds is 3. The van der Waals surface area contributed by atoms with Crippen molar-refractivity contribution in [3.8, 4) is 0 Å². The minimum Gasteiger partial charge on any atom is -0.374 e. The standard InChI is InChI=1S/C18H22N4O3S/c1-11-5-7-12(8-6-11)19-16(23)17-20-13-9-22(18(24)21(2)3)10-14(25-4)15(13)26-17/h5-8,14H,9-10H2,1-4H3,(H,19,23)/t14-/m0/s1. The predicted octanol–water partition coefficient (Wildman–Crippen LogP) is 2.89. The molecule has 1 N–H and O–H groups in total. The van der Waals surface area contributed by atoms with Gasteiger partial charge in [0, 0.05) is 26.9 Å².